The van der Waals surface area contributed by atoms with Gasteiger partial charge in [-0.2, -0.15) is 0 Å². The standard InChI is InChI=1S/C10H18ClNO2/c1-3-12(6-5-11)10(13)9-4-7-14-8(9)2/h8-9H,3-7H2,1-2H3. The van der Waals surface area contributed by atoms with E-state index in [2.05, 4.69) is 0 Å². The molecule has 0 spiro atoms. The molecule has 3 nitrogen and oxygen atoms in total. The summed E-state index contributed by atoms with van der Waals surface area (Å²) in [6.07, 6.45) is 0.908. The third kappa shape index (κ3) is 2.61. The lowest BCUT2D eigenvalue weighted by atomic mass is 10.0. The van der Waals surface area contributed by atoms with Crippen LogP contribution in [0.3, 0.4) is 0 Å². The van der Waals surface area contributed by atoms with Crippen LogP contribution in [0.5, 0.6) is 0 Å². The van der Waals surface area contributed by atoms with Gasteiger partial charge in [0.25, 0.3) is 0 Å². The topological polar surface area (TPSA) is 29.5 Å². The second kappa shape index (κ2) is 5.56. The number of alkyl halides is 1. The van der Waals surface area contributed by atoms with E-state index in [1.165, 1.54) is 0 Å². The summed E-state index contributed by atoms with van der Waals surface area (Å²) < 4.78 is 5.38. The molecule has 1 amide bonds. The van der Waals surface area contributed by atoms with Gasteiger partial charge in [-0.15, -0.1) is 11.6 Å². The molecule has 0 radical (unpaired) electrons. The molecule has 0 aromatic rings. The van der Waals surface area contributed by atoms with E-state index in [1.54, 1.807) is 0 Å². The summed E-state index contributed by atoms with van der Waals surface area (Å²) >= 11 is 5.64. The number of ether oxygens (including phenoxy) is 1. The molecule has 0 aromatic heterocycles. The van der Waals surface area contributed by atoms with Gasteiger partial charge in [-0.3, -0.25) is 4.79 Å². The van der Waals surface area contributed by atoms with Crippen molar-refractivity contribution in [2.45, 2.75) is 26.4 Å². The van der Waals surface area contributed by atoms with Gasteiger partial charge in [0.2, 0.25) is 5.91 Å². The van der Waals surface area contributed by atoms with E-state index in [9.17, 15) is 4.79 Å². The summed E-state index contributed by atoms with van der Waals surface area (Å²) in [7, 11) is 0. The fourth-order valence-corrected chi connectivity index (χ4v) is 2.02. The quantitative estimate of drug-likeness (QED) is 0.671. The predicted molar refractivity (Wildman–Crippen MR) is 56.5 cm³/mol. The van der Waals surface area contributed by atoms with E-state index in [1.807, 2.05) is 18.7 Å². The Balaban J connectivity index is 2.52. The molecule has 1 fully saturated rings. The average Bonchev–Trinajstić information content (AvgIpc) is 2.59. The number of carbonyl (C=O) groups is 1. The highest BCUT2D eigenvalue weighted by Gasteiger charge is 2.32. The Hall–Kier alpha value is -0.280. The van der Waals surface area contributed by atoms with Crippen LogP contribution in [0.2, 0.25) is 0 Å². The first kappa shape index (κ1) is 11.8. The van der Waals surface area contributed by atoms with Gasteiger partial charge in [0.05, 0.1) is 12.0 Å². The van der Waals surface area contributed by atoms with E-state index >= 15 is 0 Å². The molecule has 0 N–H and O–H groups in total. The maximum Gasteiger partial charge on any atom is 0.228 e. The fourth-order valence-electron chi connectivity index (χ4n) is 1.82. The molecule has 2 unspecified atom stereocenters. The highest BCUT2D eigenvalue weighted by molar-refractivity contribution is 6.18. The number of nitrogens with zero attached hydrogens (tertiary/aromatic N) is 1. The Morgan fingerprint density at radius 2 is 2.36 bits per heavy atom. The minimum Gasteiger partial charge on any atom is -0.378 e. The molecule has 0 saturated carbocycles. The second-order valence-electron chi connectivity index (χ2n) is 3.58. The van der Waals surface area contributed by atoms with Crippen LogP contribution in [0.4, 0.5) is 0 Å². The molecule has 4 heteroatoms. The average molecular weight is 220 g/mol. The zero-order chi connectivity index (χ0) is 10.6. The van der Waals surface area contributed by atoms with E-state index in [0.29, 0.717) is 19.0 Å². The molecule has 1 aliphatic rings. The van der Waals surface area contributed by atoms with Crippen LogP contribution in [0.25, 0.3) is 0 Å². The van der Waals surface area contributed by atoms with Crippen molar-refractivity contribution in [2.75, 3.05) is 25.6 Å². The Morgan fingerprint density at radius 3 is 2.79 bits per heavy atom. The summed E-state index contributed by atoms with van der Waals surface area (Å²) in [4.78, 5) is 13.8. The number of amides is 1. The monoisotopic (exact) mass is 219 g/mol. The van der Waals surface area contributed by atoms with Crippen LogP contribution in [-0.4, -0.2) is 42.5 Å². The van der Waals surface area contributed by atoms with E-state index < -0.39 is 0 Å². The lowest BCUT2D eigenvalue weighted by Crippen LogP contribution is -2.39. The third-order valence-electron chi connectivity index (χ3n) is 2.74. The number of carbonyl (C=O) groups excluding carboxylic acids is 1. The maximum absolute atomic E-state index is 12.0. The predicted octanol–water partition coefficient (Wildman–Crippen LogP) is 1.50. The minimum absolute atomic E-state index is 0.0400. The van der Waals surface area contributed by atoms with Gasteiger partial charge in [-0.25, -0.2) is 0 Å². The van der Waals surface area contributed by atoms with Crippen molar-refractivity contribution < 1.29 is 9.53 Å². The zero-order valence-electron chi connectivity index (χ0n) is 8.83. The third-order valence-corrected chi connectivity index (χ3v) is 2.91. The van der Waals surface area contributed by atoms with Crippen LogP contribution in [-0.2, 0) is 9.53 Å². The normalized spacial score (nSPS) is 26.5. The Bertz CT molecular complexity index is 199. The smallest absolute Gasteiger partial charge is 0.228 e. The van der Waals surface area contributed by atoms with Crippen LogP contribution >= 0.6 is 11.6 Å². The first-order valence-electron chi connectivity index (χ1n) is 5.17. The highest BCUT2D eigenvalue weighted by Crippen LogP contribution is 2.22. The van der Waals surface area contributed by atoms with Gasteiger partial charge in [0.1, 0.15) is 0 Å². The summed E-state index contributed by atoms with van der Waals surface area (Å²) in [5.41, 5.74) is 0. The van der Waals surface area contributed by atoms with E-state index in [0.717, 1.165) is 13.0 Å². The van der Waals surface area contributed by atoms with Crippen LogP contribution in [0.15, 0.2) is 0 Å². The molecule has 0 bridgehead atoms. The Labute approximate surface area is 90.4 Å². The number of hydrogen-bond donors (Lipinski definition) is 0. The molecule has 82 valence electrons. The molecule has 0 aliphatic carbocycles. The molecule has 1 heterocycles. The van der Waals surface area contributed by atoms with Crippen molar-refractivity contribution in [3.8, 4) is 0 Å². The highest BCUT2D eigenvalue weighted by atomic mass is 35.5. The number of hydrogen-bond acceptors (Lipinski definition) is 2. The van der Waals surface area contributed by atoms with Crippen molar-refractivity contribution >= 4 is 17.5 Å². The molecular formula is C10H18ClNO2. The van der Waals surface area contributed by atoms with Gasteiger partial charge in [-0.05, 0) is 20.3 Å². The summed E-state index contributed by atoms with van der Waals surface area (Å²) in [6.45, 7) is 6.01. The van der Waals surface area contributed by atoms with Crippen molar-refractivity contribution in [1.82, 2.24) is 4.90 Å². The Kier molecular flexibility index (Phi) is 4.69. The minimum atomic E-state index is 0.0400. The van der Waals surface area contributed by atoms with Gasteiger partial charge in [0.15, 0.2) is 0 Å². The lowest BCUT2D eigenvalue weighted by Gasteiger charge is -2.24. The molecule has 1 aliphatic heterocycles. The van der Waals surface area contributed by atoms with Crippen molar-refractivity contribution in [3.63, 3.8) is 0 Å². The number of rotatable bonds is 4. The van der Waals surface area contributed by atoms with E-state index in [-0.39, 0.29) is 17.9 Å². The second-order valence-corrected chi connectivity index (χ2v) is 3.96. The lowest BCUT2D eigenvalue weighted by molar-refractivity contribution is -0.136. The van der Waals surface area contributed by atoms with Gasteiger partial charge < -0.3 is 9.64 Å². The Morgan fingerprint density at radius 1 is 1.64 bits per heavy atom. The zero-order valence-corrected chi connectivity index (χ0v) is 9.59. The van der Waals surface area contributed by atoms with Crippen molar-refractivity contribution in [1.29, 1.82) is 0 Å². The number of halogens is 1. The van der Waals surface area contributed by atoms with Crippen molar-refractivity contribution in [3.05, 3.63) is 0 Å². The summed E-state index contributed by atoms with van der Waals surface area (Å²) in [5.74, 6) is 0.734. The molecule has 14 heavy (non-hydrogen) atoms. The fraction of sp³-hybridized carbons (Fsp3) is 0.900. The molecule has 1 saturated heterocycles. The first-order valence-corrected chi connectivity index (χ1v) is 5.70. The maximum atomic E-state index is 12.0. The van der Waals surface area contributed by atoms with E-state index in [4.69, 9.17) is 16.3 Å². The largest absolute Gasteiger partial charge is 0.378 e. The molecule has 0 aromatic carbocycles. The summed E-state index contributed by atoms with van der Waals surface area (Å²) in [6, 6.07) is 0. The molecule has 1 rings (SSSR count). The van der Waals surface area contributed by atoms with Crippen LogP contribution in [0.1, 0.15) is 20.3 Å². The van der Waals surface area contributed by atoms with Crippen LogP contribution in [0, 0.1) is 5.92 Å². The molecular weight excluding hydrogens is 202 g/mol. The van der Waals surface area contributed by atoms with Gasteiger partial charge in [0, 0.05) is 25.6 Å². The van der Waals surface area contributed by atoms with Gasteiger partial charge >= 0.3 is 0 Å². The van der Waals surface area contributed by atoms with Gasteiger partial charge in [-0.1, -0.05) is 0 Å². The summed E-state index contributed by atoms with van der Waals surface area (Å²) in [5, 5.41) is 0. The SMILES string of the molecule is CCN(CCCl)C(=O)C1CCOC1C. The van der Waals surface area contributed by atoms with Crippen molar-refractivity contribution in [2.24, 2.45) is 5.92 Å². The first-order chi connectivity index (χ1) is 6.70. The van der Waals surface area contributed by atoms with Crippen LogP contribution < -0.4 is 0 Å². The molecule has 2 atom stereocenters.